The van der Waals surface area contributed by atoms with Crippen molar-refractivity contribution in [3.63, 3.8) is 0 Å². The maximum Gasteiger partial charge on any atom is 0.335 e. The molecule has 1 heterocycles. The van der Waals surface area contributed by atoms with Gasteiger partial charge in [-0.15, -0.1) is 0 Å². The fourth-order valence-electron chi connectivity index (χ4n) is 2.77. The fourth-order valence-corrected chi connectivity index (χ4v) is 2.77. The maximum absolute atomic E-state index is 11.0. The number of piperazine rings is 1. The normalized spacial score (nSPS) is 19.9. The van der Waals surface area contributed by atoms with E-state index in [4.69, 9.17) is 5.11 Å². The largest absolute Gasteiger partial charge is 0.478 e. The molecule has 2 rings (SSSR count). The van der Waals surface area contributed by atoms with Gasteiger partial charge in [0.15, 0.2) is 0 Å². The molecule has 0 aromatic heterocycles. The molecule has 0 unspecified atom stereocenters. The van der Waals surface area contributed by atoms with E-state index in [1.54, 1.807) is 12.1 Å². The Hall–Kier alpha value is -1.39. The summed E-state index contributed by atoms with van der Waals surface area (Å²) in [4.78, 5) is 13.5. The lowest BCUT2D eigenvalue weighted by Gasteiger charge is -2.36. The molecular formula is C16H24N2O2. The summed E-state index contributed by atoms with van der Waals surface area (Å²) in [5, 5.41) is 12.5. The van der Waals surface area contributed by atoms with E-state index in [9.17, 15) is 4.79 Å². The van der Waals surface area contributed by atoms with Crippen molar-refractivity contribution in [1.82, 2.24) is 10.2 Å². The van der Waals surface area contributed by atoms with E-state index in [-0.39, 0.29) is 0 Å². The molecule has 1 fully saturated rings. The predicted octanol–water partition coefficient (Wildman–Crippen LogP) is 2.35. The standard InChI is InChI=1S/C16H24N2O2/c1-2-3-7-15-11-17-8-9-18(15)12-13-5-4-6-14(10-13)16(19)20/h4-6,10,15,17H,2-3,7-9,11-12H2,1H3,(H,19,20)/t15-/m1/s1. The van der Waals surface area contributed by atoms with Crippen LogP contribution in [-0.4, -0.2) is 41.7 Å². The third-order valence-electron chi connectivity index (χ3n) is 3.92. The van der Waals surface area contributed by atoms with Gasteiger partial charge in [-0.3, -0.25) is 4.90 Å². The molecule has 1 aliphatic rings. The average molecular weight is 276 g/mol. The molecule has 2 N–H and O–H groups in total. The zero-order valence-electron chi connectivity index (χ0n) is 12.1. The first-order chi connectivity index (χ1) is 9.70. The summed E-state index contributed by atoms with van der Waals surface area (Å²) < 4.78 is 0. The minimum Gasteiger partial charge on any atom is -0.478 e. The van der Waals surface area contributed by atoms with Crippen molar-refractivity contribution in [3.05, 3.63) is 35.4 Å². The molecule has 0 spiro atoms. The van der Waals surface area contributed by atoms with Gasteiger partial charge >= 0.3 is 5.97 Å². The molecule has 1 aliphatic heterocycles. The number of nitrogens with one attached hydrogen (secondary N) is 1. The number of rotatable bonds is 6. The lowest BCUT2D eigenvalue weighted by atomic mass is 10.0. The van der Waals surface area contributed by atoms with E-state index in [1.807, 2.05) is 12.1 Å². The van der Waals surface area contributed by atoms with E-state index in [2.05, 4.69) is 17.1 Å². The van der Waals surface area contributed by atoms with Gasteiger partial charge < -0.3 is 10.4 Å². The summed E-state index contributed by atoms with van der Waals surface area (Å²) in [6.45, 7) is 6.15. The first-order valence-corrected chi connectivity index (χ1v) is 7.47. The number of carboxylic acids is 1. The van der Waals surface area contributed by atoms with Crippen LogP contribution in [0.2, 0.25) is 0 Å². The number of hydrogen-bond donors (Lipinski definition) is 2. The van der Waals surface area contributed by atoms with Gasteiger partial charge in [0.2, 0.25) is 0 Å². The molecule has 4 heteroatoms. The van der Waals surface area contributed by atoms with Crippen molar-refractivity contribution in [1.29, 1.82) is 0 Å². The van der Waals surface area contributed by atoms with E-state index in [0.29, 0.717) is 11.6 Å². The lowest BCUT2D eigenvalue weighted by molar-refractivity contribution is 0.0696. The maximum atomic E-state index is 11.0. The summed E-state index contributed by atoms with van der Waals surface area (Å²) in [5.74, 6) is -0.852. The summed E-state index contributed by atoms with van der Waals surface area (Å²) in [7, 11) is 0. The number of aromatic carboxylic acids is 1. The van der Waals surface area contributed by atoms with Crippen molar-refractivity contribution >= 4 is 5.97 Å². The van der Waals surface area contributed by atoms with Crippen molar-refractivity contribution in [2.75, 3.05) is 19.6 Å². The Labute approximate surface area is 120 Å². The highest BCUT2D eigenvalue weighted by Crippen LogP contribution is 2.16. The Morgan fingerprint density at radius 1 is 1.50 bits per heavy atom. The van der Waals surface area contributed by atoms with Crippen molar-refractivity contribution in [2.24, 2.45) is 0 Å². The third kappa shape index (κ3) is 4.05. The SMILES string of the molecule is CCCC[C@@H]1CNCCN1Cc1cccc(C(=O)O)c1. The molecule has 0 aliphatic carbocycles. The minimum absolute atomic E-state index is 0.378. The number of carbonyl (C=O) groups is 1. The monoisotopic (exact) mass is 276 g/mol. The second-order valence-electron chi connectivity index (χ2n) is 5.48. The van der Waals surface area contributed by atoms with Crippen LogP contribution >= 0.6 is 0 Å². The van der Waals surface area contributed by atoms with Crippen LogP contribution in [0.25, 0.3) is 0 Å². The molecule has 1 saturated heterocycles. The van der Waals surface area contributed by atoms with Crippen molar-refractivity contribution in [2.45, 2.75) is 38.8 Å². The molecule has 0 amide bonds. The number of carboxylic acid groups (broad SMARTS) is 1. The van der Waals surface area contributed by atoms with Gasteiger partial charge in [-0.05, 0) is 24.1 Å². The molecule has 20 heavy (non-hydrogen) atoms. The van der Waals surface area contributed by atoms with Gasteiger partial charge in [-0.1, -0.05) is 31.9 Å². The first-order valence-electron chi connectivity index (χ1n) is 7.47. The Balaban J connectivity index is 2.02. The molecule has 0 radical (unpaired) electrons. The number of benzene rings is 1. The summed E-state index contributed by atoms with van der Waals surface area (Å²) >= 11 is 0. The Morgan fingerprint density at radius 2 is 2.35 bits per heavy atom. The quantitative estimate of drug-likeness (QED) is 0.837. The molecule has 0 saturated carbocycles. The highest BCUT2D eigenvalue weighted by molar-refractivity contribution is 5.87. The lowest BCUT2D eigenvalue weighted by Crippen LogP contribution is -2.50. The summed E-state index contributed by atoms with van der Waals surface area (Å²) in [6, 6.07) is 7.87. The van der Waals surface area contributed by atoms with E-state index < -0.39 is 5.97 Å². The van der Waals surface area contributed by atoms with Crippen molar-refractivity contribution < 1.29 is 9.90 Å². The van der Waals surface area contributed by atoms with Gasteiger partial charge in [0.05, 0.1) is 5.56 Å². The molecule has 4 nitrogen and oxygen atoms in total. The second-order valence-corrected chi connectivity index (χ2v) is 5.48. The minimum atomic E-state index is -0.852. The van der Waals surface area contributed by atoms with Gasteiger partial charge in [0.1, 0.15) is 0 Å². The topological polar surface area (TPSA) is 52.6 Å². The van der Waals surface area contributed by atoms with Crippen LogP contribution in [0.5, 0.6) is 0 Å². The summed E-state index contributed by atoms with van der Waals surface area (Å²) in [5.41, 5.74) is 1.47. The zero-order chi connectivity index (χ0) is 14.4. The molecule has 1 aromatic rings. The van der Waals surface area contributed by atoms with Gasteiger partial charge in [0.25, 0.3) is 0 Å². The smallest absolute Gasteiger partial charge is 0.335 e. The number of nitrogens with zero attached hydrogens (tertiary/aromatic N) is 1. The zero-order valence-corrected chi connectivity index (χ0v) is 12.1. The Morgan fingerprint density at radius 3 is 3.10 bits per heavy atom. The van der Waals surface area contributed by atoms with Crippen LogP contribution in [0, 0.1) is 0 Å². The van der Waals surface area contributed by atoms with Crippen LogP contribution in [0.4, 0.5) is 0 Å². The van der Waals surface area contributed by atoms with Crippen LogP contribution in [0.15, 0.2) is 24.3 Å². The fraction of sp³-hybridized carbons (Fsp3) is 0.562. The van der Waals surface area contributed by atoms with Crippen LogP contribution in [0.1, 0.15) is 42.1 Å². The summed E-state index contributed by atoms with van der Waals surface area (Å²) in [6.07, 6.45) is 3.68. The molecule has 1 atom stereocenters. The Bertz CT molecular complexity index is 448. The van der Waals surface area contributed by atoms with Crippen molar-refractivity contribution in [3.8, 4) is 0 Å². The molecule has 110 valence electrons. The average Bonchev–Trinajstić information content (AvgIpc) is 2.46. The van der Waals surface area contributed by atoms with Crippen LogP contribution in [-0.2, 0) is 6.54 Å². The van der Waals surface area contributed by atoms with Gasteiger partial charge in [0, 0.05) is 32.2 Å². The van der Waals surface area contributed by atoms with Crippen LogP contribution in [0.3, 0.4) is 0 Å². The van der Waals surface area contributed by atoms with Crippen LogP contribution < -0.4 is 5.32 Å². The molecule has 1 aromatic carbocycles. The highest BCUT2D eigenvalue weighted by Gasteiger charge is 2.21. The van der Waals surface area contributed by atoms with E-state index in [0.717, 1.165) is 31.7 Å². The highest BCUT2D eigenvalue weighted by atomic mass is 16.4. The molecular weight excluding hydrogens is 252 g/mol. The van der Waals surface area contributed by atoms with Gasteiger partial charge in [-0.2, -0.15) is 0 Å². The predicted molar refractivity (Wildman–Crippen MR) is 80.0 cm³/mol. The number of unbranched alkanes of at least 4 members (excludes halogenated alkanes) is 1. The van der Waals surface area contributed by atoms with E-state index >= 15 is 0 Å². The van der Waals surface area contributed by atoms with E-state index in [1.165, 1.54) is 19.3 Å². The van der Waals surface area contributed by atoms with Gasteiger partial charge in [-0.25, -0.2) is 4.79 Å². The third-order valence-corrected chi connectivity index (χ3v) is 3.92. The number of hydrogen-bond acceptors (Lipinski definition) is 3. The second kappa shape index (κ2) is 7.41. The molecule has 0 bridgehead atoms. The first kappa shape index (κ1) is 15.0. The Kier molecular flexibility index (Phi) is 5.56.